The number of allylic oxidation sites excluding steroid dienone is 1. The van der Waals surface area contributed by atoms with Crippen LogP contribution in [0.4, 0.5) is 0 Å². The second-order valence-electron chi connectivity index (χ2n) is 3.94. The lowest BCUT2D eigenvalue weighted by molar-refractivity contribution is 0.601. The van der Waals surface area contributed by atoms with Gasteiger partial charge in [-0.2, -0.15) is 0 Å². The maximum absolute atomic E-state index is 4.37. The Morgan fingerprint density at radius 2 is 1.94 bits per heavy atom. The Bertz CT molecular complexity index is 479. The van der Waals surface area contributed by atoms with Gasteiger partial charge < -0.3 is 9.13 Å². The Kier molecular flexibility index (Phi) is 2.90. The van der Waals surface area contributed by atoms with Crippen molar-refractivity contribution in [2.45, 2.75) is 26.4 Å². The summed E-state index contributed by atoms with van der Waals surface area (Å²) in [6.45, 7) is 8.75. The van der Waals surface area contributed by atoms with Crippen molar-refractivity contribution >= 4 is 0 Å². The average molecular weight is 216 g/mol. The molecule has 2 aromatic rings. The smallest absolute Gasteiger partial charge is 0.176 e. The van der Waals surface area contributed by atoms with E-state index in [0.717, 1.165) is 18.2 Å². The van der Waals surface area contributed by atoms with Crippen LogP contribution in [0.15, 0.2) is 37.4 Å². The van der Waals surface area contributed by atoms with Crippen molar-refractivity contribution < 1.29 is 0 Å². The van der Waals surface area contributed by atoms with Crippen molar-refractivity contribution in [1.29, 1.82) is 0 Å². The highest BCUT2D eigenvalue weighted by Gasteiger charge is 2.12. The molecule has 0 aliphatic heterocycles. The molecule has 0 N–H and O–H groups in total. The van der Waals surface area contributed by atoms with Gasteiger partial charge in [-0.15, -0.1) is 6.58 Å². The van der Waals surface area contributed by atoms with Gasteiger partial charge >= 0.3 is 0 Å². The highest BCUT2D eigenvalue weighted by atomic mass is 15.2. The van der Waals surface area contributed by atoms with E-state index in [0.29, 0.717) is 6.04 Å². The van der Waals surface area contributed by atoms with Crippen molar-refractivity contribution in [3.05, 3.63) is 37.4 Å². The molecule has 0 bridgehead atoms. The zero-order chi connectivity index (χ0) is 11.5. The Balaban J connectivity index is 2.45. The van der Waals surface area contributed by atoms with E-state index in [2.05, 4.69) is 35.0 Å². The van der Waals surface area contributed by atoms with E-state index in [4.69, 9.17) is 0 Å². The van der Waals surface area contributed by atoms with Crippen LogP contribution in [0.1, 0.15) is 19.9 Å². The minimum atomic E-state index is 0.381. The lowest BCUT2D eigenvalue weighted by Gasteiger charge is -2.11. The van der Waals surface area contributed by atoms with E-state index >= 15 is 0 Å². The summed E-state index contributed by atoms with van der Waals surface area (Å²) < 4.78 is 4.15. The Morgan fingerprint density at radius 1 is 1.25 bits per heavy atom. The van der Waals surface area contributed by atoms with Gasteiger partial charge in [0.2, 0.25) is 0 Å². The molecular weight excluding hydrogens is 200 g/mol. The van der Waals surface area contributed by atoms with Crippen LogP contribution in [0.5, 0.6) is 0 Å². The zero-order valence-corrected chi connectivity index (χ0v) is 9.67. The minimum absolute atomic E-state index is 0.381. The van der Waals surface area contributed by atoms with Crippen LogP contribution in [0.2, 0.25) is 0 Å². The molecule has 0 saturated carbocycles. The molecule has 2 rings (SSSR count). The number of nitrogens with zero attached hydrogens (tertiary/aromatic N) is 4. The number of rotatable bonds is 4. The van der Waals surface area contributed by atoms with Crippen LogP contribution in [-0.4, -0.2) is 19.1 Å². The predicted octanol–water partition coefficient (Wildman–Crippen LogP) is 2.51. The molecular formula is C12H16N4. The van der Waals surface area contributed by atoms with E-state index in [-0.39, 0.29) is 0 Å². The fraction of sp³-hybridized carbons (Fsp3) is 0.333. The van der Waals surface area contributed by atoms with Crippen LogP contribution < -0.4 is 0 Å². The lowest BCUT2D eigenvalue weighted by Crippen LogP contribution is -2.06. The predicted molar refractivity (Wildman–Crippen MR) is 64.0 cm³/mol. The molecule has 0 radical (unpaired) electrons. The molecule has 2 aromatic heterocycles. The molecule has 84 valence electrons. The molecule has 0 fully saturated rings. The Labute approximate surface area is 95.3 Å². The first-order chi connectivity index (χ1) is 7.74. The first kappa shape index (κ1) is 10.7. The van der Waals surface area contributed by atoms with Crippen LogP contribution in [0, 0.1) is 0 Å². The number of hydrogen-bond acceptors (Lipinski definition) is 2. The van der Waals surface area contributed by atoms with Crippen molar-refractivity contribution in [2.24, 2.45) is 0 Å². The molecule has 0 amide bonds. The SMILES string of the molecule is C=CCn1ccnc1-c1nccn1C(C)C. The number of imidazole rings is 2. The lowest BCUT2D eigenvalue weighted by atomic mass is 10.3. The maximum Gasteiger partial charge on any atom is 0.176 e. The van der Waals surface area contributed by atoms with Gasteiger partial charge in [-0.25, -0.2) is 9.97 Å². The first-order valence-corrected chi connectivity index (χ1v) is 5.39. The molecule has 0 aromatic carbocycles. The second-order valence-corrected chi connectivity index (χ2v) is 3.94. The van der Waals surface area contributed by atoms with Crippen molar-refractivity contribution in [3.8, 4) is 11.6 Å². The van der Waals surface area contributed by atoms with Crippen molar-refractivity contribution in [3.63, 3.8) is 0 Å². The molecule has 0 spiro atoms. The largest absolute Gasteiger partial charge is 0.326 e. The van der Waals surface area contributed by atoms with Gasteiger partial charge in [0.15, 0.2) is 11.6 Å². The third kappa shape index (κ3) is 1.78. The van der Waals surface area contributed by atoms with E-state index in [1.165, 1.54) is 0 Å². The average Bonchev–Trinajstić information content (AvgIpc) is 2.83. The summed E-state index contributed by atoms with van der Waals surface area (Å²) in [5.74, 6) is 1.79. The summed E-state index contributed by atoms with van der Waals surface area (Å²) in [6.07, 6.45) is 9.37. The standard InChI is InChI=1S/C12H16N4/c1-4-7-15-8-5-13-11(15)12-14-6-9-16(12)10(2)3/h4-6,8-10H,1,7H2,2-3H3. The van der Waals surface area contributed by atoms with E-state index in [1.807, 2.05) is 29.2 Å². The van der Waals surface area contributed by atoms with Gasteiger partial charge in [0.1, 0.15) is 0 Å². The van der Waals surface area contributed by atoms with Gasteiger partial charge in [-0.05, 0) is 13.8 Å². The van der Waals surface area contributed by atoms with Crippen molar-refractivity contribution in [2.75, 3.05) is 0 Å². The zero-order valence-electron chi connectivity index (χ0n) is 9.67. The molecule has 2 heterocycles. The Morgan fingerprint density at radius 3 is 2.62 bits per heavy atom. The van der Waals surface area contributed by atoms with Crippen LogP contribution in [0.3, 0.4) is 0 Å². The molecule has 16 heavy (non-hydrogen) atoms. The summed E-state index contributed by atoms with van der Waals surface area (Å²) in [5.41, 5.74) is 0. The summed E-state index contributed by atoms with van der Waals surface area (Å²) in [5, 5.41) is 0. The number of aromatic nitrogens is 4. The van der Waals surface area contributed by atoms with E-state index in [9.17, 15) is 0 Å². The van der Waals surface area contributed by atoms with Crippen LogP contribution in [0.25, 0.3) is 11.6 Å². The highest BCUT2D eigenvalue weighted by molar-refractivity contribution is 5.45. The summed E-state index contributed by atoms with van der Waals surface area (Å²) in [7, 11) is 0. The normalized spacial score (nSPS) is 10.9. The maximum atomic E-state index is 4.37. The molecule has 0 atom stereocenters. The first-order valence-electron chi connectivity index (χ1n) is 5.39. The van der Waals surface area contributed by atoms with Gasteiger partial charge in [0.05, 0.1) is 0 Å². The monoisotopic (exact) mass is 216 g/mol. The van der Waals surface area contributed by atoms with Gasteiger partial charge in [-0.3, -0.25) is 0 Å². The van der Waals surface area contributed by atoms with E-state index in [1.54, 1.807) is 6.20 Å². The third-order valence-corrected chi connectivity index (χ3v) is 2.47. The highest BCUT2D eigenvalue weighted by Crippen LogP contribution is 2.19. The van der Waals surface area contributed by atoms with E-state index < -0.39 is 0 Å². The third-order valence-electron chi connectivity index (χ3n) is 2.47. The summed E-state index contributed by atoms with van der Waals surface area (Å²) >= 11 is 0. The fourth-order valence-electron chi connectivity index (χ4n) is 1.70. The molecule has 0 saturated heterocycles. The van der Waals surface area contributed by atoms with Crippen molar-refractivity contribution in [1.82, 2.24) is 19.1 Å². The molecule has 0 aliphatic rings. The topological polar surface area (TPSA) is 35.6 Å². The molecule has 0 aliphatic carbocycles. The quantitative estimate of drug-likeness (QED) is 0.736. The fourth-order valence-corrected chi connectivity index (χ4v) is 1.70. The molecule has 4 heteroatoms. The minimum Gasteiger partial charge on any atom is -0.326 e. The molecule has 4 nitrogen and oxygen atoms in total. The van der Waals surface area contributed by atoms with Gasteiger partial charge in [0.25, 0.3) is 0 Å². The summed E-state index contributed by atoms with van der Waals surface area (Å²) in [6, 6.07) is 0.381. The van der Waals surface area contributed by atoms with Gasteiger partial charge in [-0.1, -0.05) is 6.08 Å². The second kappa shape index (κ2) is 4.35. The van der Waals surface area contributed by atoms with Gasteiger partial charge in [0, 0.05) is 37.4 Å². The Hall–Kier alpha value is -1.84. The molecule has 0 unspecified atom stereocenters. The number of hydrogen-bond donors (Lipinski definition) is 0. The summed E-state index contributed by atoms with van der Waals surface area (Å²) in [4.78, 5) is 8.72. The van der Waals surface area contributed by atoms with Crippen LogP contribution in [-0.2, 0) is 6.54 Å². The van der Waals surface area contributed by atoms with Crippen LogP contribution >= 0.6 is 0 Å².